The molecular weight excluding hydrogens is 336 g/mol. The van der Waals surface area contributed by atoms with Crippen molar-refractivity contribution in [1.29, 1.82) is 0 Å². The molecule has 0 aliphatic rings. The highest BCUT2D eigenvalue weighted by molar-refractivity contribution is 7.90. The Balaban J connectivity index is 2.83. The Morgan fingerprint density at radius 1 is 1.09 bits per heavy atom. The van der Waals surface area contributed by atoms with Crippen LogP contribution in [0.3, 0.4) is 0 Å². The average molecular weight is 363 g/mol. The smallest absolute Gasteiger partial charge is 0.242 e. The Morgan fingerprint density at radius 3 is 2.04 bits per heavy atom. The topological polar surface area (TPSA) is 97.5 Å². The molecule has 1 atom stereocenters. The minimum absolute atomic E-state index is 0.0511. The van der Waals surface area contributed by atoms with Gasteiger partial charge in [0.25, 0.3) is 0 Å². The first kappa shape index (κ1) is 20.1. The van der Waals surface area contributed by atoms with Gasteiger partial charge < -0.3 is 5.73 Å². The summed E-state index contributed by atoms with van der Waals surface area (Å²) in [6.45, 7) is 4.34. The molecule has 6 nitrogen and oxygen atoms in total. The summed E-state index contributed by atoms with van der Waals surface area (Å²) in [5.41, 5.74) is 6.51. The van der Waals surface area contributed by atoms with Crippen LogP contribution in [-0.2, 0) is 25.6 Å². The van der Waals surface area contributed by atoms with E-state index in [1.807, 2.05) is 13.8 Å². The third-order valence-electron chi connectivity index (χ3n) is 3.69. The van der Waals surface area contributed by atoms with Crippen molar-refractivity contribution in [2.75, 3.05) is 19.8 Å². The van der Waals surface area contributed by atoms with Crippen LogP contribution >= 0.6 is 0 Å². The largest absolute Gasteiger partial charge is 0.327 e. The number of sulfonamides is 1. The monoisotopic (exact) mass is 362 g/mol. The maximum Gasteiger partial charge on any atom is 0.242 e. The summed E-state index contributed by atoms with van der Waals surface area (Å²) in [6.07, 6.45) is 1.73. The molecule has 0 bridgehead atoms. The average Bonchev–Trinajstić information content (AvgIpc) is 2.42. The lowest BCUT2D eigenvalue weighted by atomic mass is 10.0. The van der Waals surface area contributed by atoms with E-state index < -0.39 is 19.9 Å². The van der Waals surface area contributed by atoms with E-state index in [2.05, 4.69) is 0 Å². The van der Waals surface area contributed by atoms with Gasteiger partial charge in [-0.25, -0.2) is 21.1 Å². The summed E-state index contributed by atoms with van der Waals surface area (Å²) < 4.78 is 48.7. The number of rotatable bonds is 8. The fourth-order valence-corrected chi connectivity index (χ4v) is 4.01. The van der Waals surface area contributed by atoms with Crippen LogP contribution < -0.4 is 5.73 Å². The molecule has 0 heterocycles. The van der Waals surface area contributed by atoms with Gasteiger partial charge in [-0.15, -0.1) is 0 Å². The van der Waals surface area contributed by atoms with Crippen molar-refractivity contribution in [1.82, 2.24) is 4.31 Å². The van der Waals surface area contributed by atoms with E-state index in [-0.39, 0.29) is 16.7 Å². The van der Waals surface area contributed by atoms with Gasteiger partial charge in [0.2, 0.25) is 10.0 Å². The van der Waals surface area contributed by atoms with Crippen LogP contribution in [0.5, 0.6) is 0 Å². The fourth-order valence-electron chi connectivity index (χ4n) is 2.02. The summed E-state index contributed by atoms with van der Waals surface area (Å²) in [4.78, 5) is 0.148. The highest BCUT2D eigenvalue weighted by atomic mass is 32.2. The van der Waals surface area contributed by atoms with Crippen molar-refractivity contribution in [3.05, 3.63) is 29.8 Å². The normalized spacial score (nSPS) is 14.4. The molecule has 2 N–H and O–H groups in total. The van der Waals surface area contributed by atoms with E-state index in [0.717, 1.165) is 6.26 Å². The first-order chi connectivity index (χ1) is 10.4. The molecule has 132 valence electrons. The Bertz CT molecular complexity index is 710. The second-order valence-electron chi connectivity index (χ2n) is 6.24. The van der Waals surface area contributed by atoms with Gasteiger partial charge in [0.15, 0.2) is 9.84 Å². The second-order valence-corrected chi connectivity index (χ2v) is 10.4. The highest BCUT2D eigenvalue weighted by Gasteiger charge is 2.21. The van der Waals surface area contributed by atoms with E-state index in [9.17, 15) is 16.8 Å². The number of hydrogen-bond donors (Lipinski definition) is 1. The Hall–Kier alpha value is -0.960. The first-order valence-corrected chi connectivity index (χ1v) is 10.9. The van der Waals surface area contributed by atoms with Crippen LogP contribution in [0, 0.1) is 5.92 Å². The molecule has 8 heteroatoms. The van der Waals surface area contributed by atoms with Crippen molar-refractivity contribution in [3.8, 4) is 0 Å². The molecule has 0 radical (unpaired) electrons. The lowest BCUT2D eigenvalue weighted by molar-refractivity contribution is 0.397. The number of nitrogens with zero attached hydrogens (tertiary/aromatic N) is 1. The molecule has 0 saturated carbocycles. The predicted octanol–water partition coefficient (Wildman–Crippen LogP) is 1.23. The maximum atomic E-state index is 12.5. The van der Waals surface area contributed by atoms with Gasteiger partial charge in [0.1, 0.15) is 0 Å². The summed E-state index contributed by atoms with van der Waals surface area (Å²) in [7, 11) is -5.21. The molecular formula is C15H26N2O4S2. The highest BCUT2D eigenvalue weighted by Crippen LogP contribution is 2.17. The molecule has 0 aliphatic heterocycles. The number of benzene rings is 1. The Morgan fingerprint density at radius 2 is 1.61 bits per heavy atom. The third-order valence-corrected chi connectivity index (χ3v) is 6.42. The maximum absolute atomic E-state index is 12.5. The fraction of sp³-hybridized carbons (Fsp3) is 0.600. The molecule has 0 fully saturated rings. The molecule has 0 amide bonds. The molecule has 0 aliphatic carbocycles. The van der Waals surface area contributed by atoms with Gasteiger partial charge in [0, 0.05) is 25.9 Å². The molecule has 1 unspecified atom stereocenters. The van der Waals surface area contributed by atoms with Crippen molar-refractivity contribution >= 4 is 19.9 Å². The van der Waals surface area contributed by atoms with Crippen LogP contribution in [0.1, 0.15) is 25.8 Å². The van der Waals surface area contributed by atoms with Crippen molar-refractivity contribution in [2.24, 2.45) is 11.7 Å². The molecule has 0 spiro atoms. The summed E-state index contributed by atoms with van der Waals surface area (Å²) >= 11 is 0. The zero-order chi connectivity index (χ0) is 17.8. The summed E-state index contributed by atoms with van der Waals surface area (Å²) in [6, 6.07) is 5.89. The SMILES string of the molecule is CC(C)C(N)CCN(C)S(=O)(=O)c1ccc(CS(C)(=O)=O)cc1. The standard InChI is InChI=1S/C15H26N2O4S2/c1-12(2)15(16)9-10-17(3)23(20,21)14-7-5-13(6-8-14)11-22(4,18)19/h5-8,12,15H,9-11,16H2,1-4H3. The third kappa shape index (κ3) is 6.21. The predicted molar refractivity (Wildman–Crippen MR) is 92.2 cm³/mol. The van der Waals surface area contributed by atoms with Crippen LogP contribution in [-0.4, -0.2) is 47.0 Å². The summed E-state index contributed by atoms with van der Waals surface area (Å²) in [5, 5.41) is 0. The molecule has 1 aromatic carbocycles. The second kappa shape index (κ2) is 7.74. The quantitative estimate of drug-likeness (QED) is 0.750. The van der Waals surface area contributed by atoms with Crippen LogP contribution in [0.2, 0.25) is 0 Å². The zero-order valence-electron chi connectivity index (χ0n) is 14.1. The van der Waals surface area contributed by atoms with E-state index >= 15 is 0 Å². The molecule has 0 saturated heterocycles. The lowest BCUT2D eigenvalue weighted by Gasteiger charge is -2.21. The number of nitrogens with two attached hydrogens (primary N) is 1. The Labute approximate surface area is 139 Å². The summed E-state index contributed by atoms with van der Waals surface area (Å²) in [5.74, 6) is 0.188. The van der Waals surface area contributed by atoms with Crippen molar-refractivity contribution in [2.45, 2.75) is 37.0 Å². The van der Waals surface area contributed by atoms with E-state index in [0.29, 0.717) is 24.4 Å². The van der Waals surface area contributed by atoms with Gasteiger partial charge in [-0.3, -0.25) is 0 Å². The first-order valence-electron chi connectivity index (χ1n) is 7.42. The number of hydrogen-bond acceptors (Lipinski definition) is 5. The van der Waals surface area contributed by atoms with Crippen molar-refractivity contribution in [3.63, 3.8) is 0 Å². The van der Waals surface area contributed by atoms with Crippen LogP contribution in [0.15, 0.2) is 29.2 Å². The molecule has 1 aromatic rings. The molecule has 1 rings (SSSR count). The molecule has 23 heavy (non-hydrogen) atoms. The van der Waals surface area contributed by atoms with Gasteiger partial charge in [-0.05, 0) is 30.0 Å². The minimum Gasteiger partial charge on any atom is -0.327 e. The van der Waals surface area contributed by atoms with Crippen molar-refractivity contribution < 1.29 is 16.8 Å². The van der Waals surface area contributed by atoms with E-state index in [4.69, 9.17) is 5.73 Å². The van der Waals surface area contributed by atoms with Gasteiger partial charge in [-0.1, -0.05) is 26.0 Å². The van der Waals surface area contributed by atoms with Gasteiger partial charge >= 0.3 is 0 Å². The lowest BCUT2D eigenvalue weighted by Crippen LogP contribution is -2.34. The number of sulfone groups is 1. The minimum atomic E-state index is -3.59. The van der Waals surface area contributed by atoms with E-state index in [1.54, 1.807) is 0 Å². The zero-order valence-corrected chi connectivity index (χ0v) is 15.7. The van der Waals surface area contributed by atoms with E-state index in [1.165, 1.54) is 35.6 Å². The van der Waals surface area contributed by atoms with Crippen LogP contribution in [0.4, 0.5) is 0 Å². The van der Waals surface area contributed by atoms with Gasteiger partial charge in [0.05, 0.1) is 10.6 Å². The van der Waals surface area contributed by atoms with Gasteiger partial charge in [-0.2, -0.15) is 0 Å². The van der Waals surface area contributed by atoms with Crippen LogP contribution in [0.25, 0.3) is 0 Å². The molecule has 0 aromatic heterocycles. The Kier molecular flexibility index (Phi) is 6.76.